The zero-order valence-corrected chi connectivity index (χ0v) is 10.4. The summed E-state index contributed by atoms with van der Waals surface area (Å²) in [5.74, 6) is -0.959. The summed E-state index contributed by atoms with van der Waals surface area (Å²) >= 11 is 0. The molecule has 0 heterocycles. The normalized spacial score (nSPS) is 10.6. The van der Waals surface area contributed by atoms with Gasteiger partial charge in [-0.25, -0.2) is 8.78 Å². The molecule has 18 heavy (non-hydrogen) atoms. The van der Waals surface area contributed by atoms with Gasteiger partial charge in [0.2, 0.25) is 0 Å². The number of rotatable bonds is 4. The molecule has 0 atom stereocenters. The SMILES string of the molecule is CCCCc1cc(F)c(-c2ccccc2)c(F)c1. The predicted octanol–water partition coefficient (Wildman–Crippen LogP) is 4.97. The van der Waals surface area contributed by atoms with Gasteiger partial charge in [0.25, 0.3) is 0 Å². The van der Waals surface area contributed by atoms with E-state index in [2.05, 4.69) is 6.92 Å². The van der Waals surface area contributed by atoms with Crippen molar-refractivity contribution in [3.8, 4) is 11.1 Å². The van der Waals surface area contributed by atoms with Gasteiger partial charge < -0.3 is 0 Å². The molecular formula is C16H16F2. The van der Waals surface area contributed by atoms with Crippen molar-refractivity contribution >= 4 is 0 Å². The van der Waals surface area contributed by atoms with Gasteiger partial charge in [0.05, 0.1) is 5.56 Å². The second-order valence-corrected chi connectivity index (χ2v) is 4.40. The summed E-state index contributed by atoms with van der Waals surface area (Å²) in [6, 6.07) is 11.7. The Morgan fingerprint density at radius 3 is 2.11 bits per heavy atom. The molecule has 0 saturated carbocycles. The summed E-state index contributed by atoms with van der Waals surface area (Å²) in [5, 5.41) is 0. The Kier molecular flexibility index (Phi) is 4.08. The van der Waals surface area contributed by atoms with Crippen molar-refractivity contribution in [3.05, 3.63) is 59.7 Å². The van der Waals surface area contributed by atoms with Crippen molar-refractivity contribution in [2.45, 2.75) is 26.2 Å². The van der Waals surface area contributed by atoms with Crippen molar-refractivity contribution in [3.63, 3.8) is 0 Å². The smallest absolute Gasteiger partial charge is 0.134 e. The van der Waals surface area contributed by atoms with Gasteiger partial charge in [0.15, 0.2) is 0 Å². The van der Waals surface area contributed by atoms with Gasteiger partial charge in [-0.05, 0) is 36.1 Å². The van der Waals surface area contributed by atoms with Crippen LogP contribution in [0.25, 0.3) is 11.1 Å². The summed E-state index contributed by atoms with van der Waals surface area (Å²) < 4.78 is 28.0. The molecule has 2 aromatic carbocycles. The van der Waals surface area contributed by atoms with E-state index in [9.17, 15) is 8.78 Å². The molecule has 94 valence electrons. The minimum atomic E-state index is -0.479. The van der Waals surface area contributed by atoms with Crippen LogP contribution in [0, 0.1) is 11.6 Å². The van der Waals surface area contributed by atoms with Gasteiger partial charge in [-0.15, -0.1) is 0 Å². The second-order valence-electron chi connectivity index (χ2n) is 4.40. The van der Waals surface area contributed by atoms with Crippen LogP contribution in [-0.2, 0) is 6.42 Å². The Balaban J connectivity index is 2.38. The van der Waals surface area contributed by atoms with Crippen LogP contribution in [0.4, 0.5) is 8.78 Å². The lowest BCUT2D eigenvalue weighted by Crippen LogP contribution is -1.94. The third-order valence-corrected chi connectivity index (χ3v) is 2.98. The molecule has 0 aliphatic heterocycles. The van der Waals surface area contributed by atoms with Crippen molar-refractivity contribution < 1.29 is 8.78 Å². The van der Waals surface area contributed by atoms with Crippen LogP contribution >= 0.6 is 0 Å². The highest BCUT2D eigenvalue weighted by Crippen LogP contribution is 2.27. The van der Waals surface area contributed by atoms with Gasteiger partial charge in [-0.3, -0.25) is 0 Å². The molecule has 0 N–H and O–H groups in total. The number of aryl methyl sites for hydroxylation is 1. The molecule has 2 heteroatoms. The van der Waals surface area contributed by atoms with Crippen LogP contribution in [0.1, 0.15) is 25.3 Å². The molecule has 2 aromatic rings. The Morgan fingerprint density at radius 1 is 0.944 bits per heavy atom. The van der Waals surface area contributed by atoms with E-state index >= 15 is 0 Å². The first kappa shape index (κ1) is 12.7. The Hall–Kier alpha value is -1.70. The average Bonchev–Trinajstić information content (AvgIpc) is 2.37. The van der Waals surface area contributed by atoms with Gasteiger partial charge in [-0.2, -0.15) is 0 Å². The van der Waals surface area contributed by atoms with E-state index in [1.54, 1.807) is 24.3 Å². The molecule has 0 aromatic heterocycles. The fraction of sp³-hybridized carbons (Fsp3) is 0.250. The van der Waals surface area contributed by atoms with Crippen molar-refractivity contribution in [1.29, 1.82) is 0 Å². The minimum absolute atomic E-state index is 0.0656. The van der Waals surface area contributed by atoms with Crippen LogP contribution in [0.3, 0.4) is 0 Å². The quantitative estimate of drug-likeness (QED) is 0.714. The molecule has 2 rings (SSSR count). The summed E-state index contributed by atoms with van der Waals surface area (Å²) in [4.78, 5) is 0. The third-order valence-electron chi connectivity index (χ3n) is 2.98. The molecule has 0 aliphatic carbocycles. The molecule has 0 spiro atoms. The summed E-state index contributed by atoms with van der Waals surface area (Å²) in [7, 11) is 0. The standard InChI is InChI=1S/C16H16F2/c1-2-3-7-12-10-14(17)16(15(18)11-12)13-8-5-4-6-9-13/h4-6,8-11H,2-3,7H2,1H3. The zero-order valence-electron chi connectivity index (χ0n) is 10.4. The number of hydrogen-bond donors (Lipinski definition) is 0. The first-order valence-corrected chi connectivity index (χ1v) is 6.25. The van der Waals surface area contributed by atoms with Crippen molar-refractivity contribution in [2.24, 2.45) is 0 Å². The van der Waals surface area contributed by atoms with Crippen LogP contribution in [0.15, 0.2) is 42.5 Å². The maximum atomic E-state index is 14.0. The Morgan fingerprint density at radius 2 is 1.56 bits per heavy atom. The van der Waals surface area contributed by atoms with E-state index in [1.807, 2.05) is 6.07 Å². The second kappa shape index (κ2) is 5.76. The van der Waals surface area contributed by atoms with E-state index < -0.39 is 11.6 Å². The summed E-state index contributed by atoms with van der Waals surface area (Å²) in [5.41, 5.74) is 1.37. The van der Waals surface area contributed by atoms with E-state index in [0.29, 0.717) is 5.56 Å². The van der Waals surface area contributed by atoms with Gasteiger partial charge in [-0.1, -0.05) is 43.7 Å². The molecule has 0 bridgehead atoms. The molecule has 0 unspecified atom stereocenters. The van der Waals surface area contributed by atoms with E-state index in [0.717, 1.165) is 24.8 Å². The van der Waals surface area contributed by atoms with Crippen LogP contribution in [0.2, 0.25) is 0 Å². The minimum Gasteiger partial charge on any atom is -0.206 e. The van der Waals surface area contributed by atoms with Crippen molar-refractivity contribution in [1.82, 2.24) is 0 Å². The van der Waals surface area contributed by atoms with Crippen LogP contribution in [-0.4, -0.2) is 0 Å². The molecule has 0 radical (unpaired) electrons. The summed E-state index contributed by atoms with van der Waals surface area (Å²) in [6.45, 7) is 2.06. The topological polar surface area (TPSA) is 0 Å². The Bertz CT molecular complexity index is 495. The Labute approximate surface area is 106 Å². The van der Waals surface area contributed by atoms with Crippen molar-refractivity contribution in [2.75, 3.05) is 0 Å². The lowest BCUT2D eigenvalue weighted by Gasteiger charge is -2.08. The monoisotopic (exact) mass is 246 g/mol. The third kappa shape index (κ3) is 2.76. The number of unbranched alkanes of at least 4 members (excludes halogenated alkanes) is 1. The number of benzene rings is 2. The first-order chi connectivity index (χ1) is 8.72. The molecular weight excluding hydrogens is 230 g/mol. The maximum Gasteiger partial charge on any atom is 0.134 e. The summed E-state index contributed by atoms with van der Waals surface area (Å²) in [6.07, 6.45) is 2.69. The molecule has 0 amide bonds. The number of halogens is 2. The van der Waals surface area contributed by atoms with Gasteiger partial charge in [0.1, 0.15) is 11.6 Å². The zero-order chi connectivity index (χ0) is 13.0. The molecule has 0 saturated heterocycles. The molecule has 0 fully saturated rings. The first-order valence-electron chi connectivity index (χ1n) is 6.25. The average molecular weight is 246 g/mol. The van der Waals surface area contributed by atoms with E-state index in [4.69, 9.17) is 0 Å². The fourth-order valence-corrected chi connectivity index (χ4v) is 2.03. The largest absolute Gasteiger partial charge is 0.206 e. The van der Waals surface area contributed by atoms with Crippen LogP contribution in [0.5, 0.6) is 0 Å². The van der Waals surface area contributed by atoms with Crippen LogP contribution < -0.4 is 0 Å². The highest BCUT2D eigenvalue weighted by Gasteiger charge is 2.12. The maximum absolute atomic E-state index is 14.0. The molecule has 0 aliphatic rings. The lowest BCUT2D eigenvalue weighted by molar-refractivity contribution is 0.584. The number of hydrogen-bond acceptors (Lipinski definition) is 0. The lowest BCUT2D eigenvalue weighted by atomic mass is 10.0. The van der Waals surface area contributed by atoms with Gasteiger partial charge >= 0.3 is 0 Å². The molecule has 0 nitrogen and oxygen atoms in total. The van der Waals surface area contributed by atoms with E-state index in [1.165, 1.54) is 12.1 Å². The van der Waals surface area contributed by atoms with E-state index in [-0.39, 0.29) is 5.56 Å². The predicted molar refractivity (Wildman–Crippen MR) is 70.4 cm³/mol. The highest BCUT2D eigenvalue weighted by atomic mass is 19.1. The fourth-order valence-electron chi connectivity index (χ4n) is 2.03. The highest BCUT2D eigenvalue weighted by molar-refractivity contribution is 5.65. The van der Waals surface area contributed by atoms with Gasteiger partial charge in [0, 0.05) is 0 Å².